The maximum Gasteiger partial charge on any atom is 0.337 e. The predicted octanol–water partition coefficient (Wildman–Crippen LogP) is 2.00. The smallest absolute Gasteiger partial charge is 0.337 e. The quantitative estimate of drug-likeness (QED) is 0.799. The van der Waals surface area contributed by atoms with E-state index in [2.05, 4.69) is 0 Å². The van der Waals surface area contributed by atoms with E-state index in [1.807, 2.05) is 6.07 Å². The summed E-state index contributed by atoms with van der Waals surface area (Å²) in [6.07, 6.45) is 0. The number of aromatic carboxylic acids is 1. The largest absolute Gasteiger partial charge is 0.496 e. The summed E-state index contributed by atoms with van der Waals surface area (Å²) in [7, 11) is 1.42. The van der Waals surface area contributed by atoms with E-state index in [0.29, 0.717) is 11.3 Å². The number of nitriles is 1. The Morgan fingerprint density at radius 1 is 1.67 bits per heavy atom. The van der Waals surface area contributed by atoms with E-state index in [1.165, 1.54) is 19.2 Å². The first-order valence-corrected chi connectivity index (χ1v) is 4.58. The summed E-state index contributed by atoms with van der Waals surface area (Å²) in [5.41, 5.74) is 0.316. The minimum absolute atomic E-state index is 0.0136. The van der Waals surface area contributed by atoms with Crippen molar-refractivity contribution in [3.8, 4) is 11.8 Å². The average molecular weight is 226 g/mol. The van der Waals surface area contributed by atoms with Gasteiger partial charge in [0.25, 0.3) is 0 Å². The molecule has 0 aliphatic heterocycles. The number of nitrogens with zero attached hydrogens (tertiary/aromatic N) is 1. The first-order valence-electron chi connectivity index (χ1n) is 4.05. The maximum atomic E-state index is 11.0. The van der Waals surface area contributed by atoms with Gasteiger partial charge in [-0.05, 0) is 12.1 Å². The number of hydrogen-bond acceptors (Lipinski definition) is 3. The molecule has 0 aliphatic carbocycles. The molecule has 0 bridgehead atoms. The van der Waals surface area contributed by atoms with Gasteiger partial charge in [-0.3, -0.25) is 0 Å². The molecular weight excluding hydrogens is 218 g/mol. The molecule has 5 heteroatoms. The van der Waals surface area contributed by atoms with Crippen LogP contribution in [-0.4, -0.2) is 18.2 Å². The first kappa shape index (κ1) is 11.3. The van der Waals surface area contributed by atoms with Crippen molar-refractivity contribution in [3.05, 3.63) is 28.8 Å². The van der Waals surface area contributed by atoms with Crippen LogP contribution in [0.5, 0.6) is 5.75 Å². The summed E-state index contributed by atoms with van der Waals surface area (Å²) in [6.45, 7) is 0. The Bertz CT molecular complexity index is 437. The van der Waals surface area contributed by atoms with Crippen LogP contribution in [0, 0.1) is 11.3 Å². The summed E-state index contributed by atoms with van der Waals surface area (Å²) >= 11 is 5.64. The summed E-state index contributed by atoms with van der Waals surface area (Å²) < 4.78 is 4.97. The molecule has 0 heterocycles. The fourth-order valence-corrected chi connectivity index (χ4v) is 1.56. The van der Waals surface area contributed by atoms with Gasteiger partial charge in [-0.1, -0.05) is 0 Å². The number of rotatable bonds is 3. The zero-order chi connectivity index (χ0) is 11.4. The average Bonchev–Trinajstić information content (AvgIpc) is 2.26. The van der Waals surface area contributed by atoms with Crippen molar-refractivity contribution in [2.45, 2.75) is 5.88 Å². The molecule has 0 radical (unpaired) electrons. The molecule has 0 saturated heterocycles. The van der Waals surface area contributed by atoms with Gasteiger partial charge in [-0.2, -0.15) is 5.26 Å². The third kappa shape index (κ3) is 2.03. The van der Waals surface area contributed by atoms with Crippen molar-refractivity contribution in [2.24, 2.45) is 0 Å². The second-order valence-corrected chi connectivity index (χ2v) is 2.99. The van der Waals surface area contributed by atoms with Crippen molar-refractivity contribution < 1.29 is 14.6 Å². The van der Waals surface area contributed by atoms with Crippen molar-refractivity contribution >= 4 is 17.6 Å². The predicted molar refractivity (Wildman–Crippen MR) is 54.2 cm³/mol. The first-order chi connectivity index (χ1) is 7.15. The molecule has 0 atom stereocenters. The molecule has 0 amide bonds. The molecule has 0 aliphatic rings. The molecule has 0 saturated carbocycles. The second kappa shape index (κ2) is 4.67. The molecule has 0 aromatic heterocycles. The van der Waals surface area contributed by atoms with Crippen LogP contribution in [0.4, 0.5) is 0 Å². The van der Waals surface area contributed by atoms with Crippen molar-refractivity contribution in [1.82, 2.24) is 0 Å². The van der Waals surface area contributed by atoms with E-state index < -0.39 is 5.97 Å². The van der Waals surface area contributed by atoms with E-state index in [4.69, 9.17) is 26.7 Å². The molecule has 1 rings (SSSR count). The summed E-state index contributed by atoms with van der Waals surface area (Å²) in [6, 6.07) is 4.74. The molecule has 0 unspecified atom stereocenters. The molecule has 4 nitrogen and oxygen atoms in total. The number of ether oxygens (including phenoxy) is 1. The lowest BCUT2D eigenvalue weighted by Crippen LogP contribution is -2.06. The van der Waals surface area contributed by atoms with Gasteiger partial charge in [0.05, 0.1) is 24.1 Å². The number of halogens is 1. The fraction of sp³-hybridized carbons (Fsp3) is 0.200. The van der Waals surface area contributed by atoms with E-state index in [0.717, 1.165) is 0 Å². The van der Waals surface area contributed by atoms with Crippen LogP contribution in [0.3, 0.4) is 0 Å². The normalized spacial score (nSPS) is 9.40. The van der Waals surface area contributed by atoms with Crippen molar-refractivity contribution in [2.75, 3.05) is 7.11 Å². The van der Waals surface area contributed by atoms with Crippen LogP contribution in [-0.2, 0) is 5.88 Å². The van der Waals surface area contributed by atoms with Crippen LogP contribution in [0.25, 0.3) is 0 Å². The Hall–Kier alpha value is -1.73. The number of benzene rings is 1. The number of alkyl halides is 1. The summed E-state index contributed by atoms with van der Waals surface area (Å²) in [5.74, 6) is -0.817. The van der Waals surface area contributed by atoms with Gasteiger partial charge < -0.3 is 9.84 Å². The Kier molecular flexibility index (Phi) is 3.53. The van der Waals surface area contributed by atoms with Gasteiger partial charge in [0.1, 0.15) is 11.8 Å². The highest BCUT2D eigenvalue weighted by atomic mass is 35.5. The van der Waals surface area contributed by atoms with E-state index in [-0.39, 0.29) is 17.0 Å². The van der Waals surface area contributed by atoms with Crippen LogP contribution >= 0.6 is 11.6 Å². The van der Waals surface area contributed by atoms with Gasteiger partial charge >= 0.3 is 5.97 Å². The highest BCUT2D eigenvalue weighted by Gasteiger charge is 2.18. The number of methoxy groups -OCH3 is 1. The van der Waals surface area contributed by atoms with Gasteiger partial charge in [0, 0.05) is 5.56 Å². The van der Waals surface area contributed by atoms with Gasteiger partial charge in [-0.15, -0.1) is 11.6 Å². The summed E-state index contributed by atoms with van der Waals surface area (Å²) in [4.78, 5) is 11.0. The highest BCUT2D eigenvalue weighted by Crippen LogP contribution is 2.26. The zero-order valence-corrected chi connectivity index (χ0v) is 8.71. The molecule has 0 spiro atoms. The lowest BCUT2D eigenvalue weighted by atomic mass is 10.0. The second-order valence-electron chi connectivity index (χ2n) is 2.72. The minimum Gasteiger partial charge on any atom is -0.496 e. The highest BCUT2D eigenvalue weighted by molar-refractivity contribution is 6.18. The molecule has 78 valence electrons. The monoisotopic (exact) mass is 225 g/mol. The zero-order valence-electron chi connectivity index (χ0n) is 7.95. The summed E-state index contributed by atoms with van der Waals surface area (Å²) in [5, 5.41) is 17.7. The minimum atomic E-state index is -1.18. The Morgan fingerprint density at radius 2 is 2.33 bits per heavy atom. The van der Waals surface area contributed by atoms with E-state index in [9.17, 15) is 4.79 Å². The molecule has 0 fully saturated rings. The SMILES string of the molecule is COc1ccc(C#N)c(C(=O)O)c1CCl. The van der Waals surface area contributed by atoms with Crippen LogP contribution in [0.1, 0.15) is 21.5 Å². The number of hydrogen-bond donors (Lipinski definition) is 1. The Labute approximate surface area is 91.7 Å². The Morgan fingerprint density at radius 3 is 2.73 bits per heavy atom. The Balaban J connectivity index is 3.53. The maximum absolute atomic E-state index is 11.0. The van der Waals surface area contributed by atoms with Crippen molar-refractivity contribution in [1.29, 1.82) is 5.26 Å². The van der Waals surface area contributed by atoms with Gasteiger partial charge in [-0.25, -0.2) is 4.79 Å². The molecular formula is C10H8ClNO3. The molecule has 1 aromatic rings. The van der Waals surface area contributed by atoms with Crippen LogP contribution in [0.15, 0.2) is 12.1 Å². The lowest BCUT2D eigenvalue weighted by molar-refractivity contribution is 0.0695. The van der Waals surface area contributed by atoms with Gasteiger partial charge in [0.2, 0.25) is 0 Å². The van der Waals surface area contributed by atoms with Crippen LogP contribution in [0.2, 0.25) is 0 Å². The van der Waals surface area contributed by atoms with Crippen molar-refractivity contribution in [3.63, 3.8) is 0 Å². The fourth-order valence-electron chi connectivity index (χ4n) is 1.29. The lowest BCUT2D eigenvalue weighted by Gasteiger charge is -2.09. The van der Waals surface area contributed by atoms with E-state index >= 15 is 0 Å². The number of carboxylic acids is 1. The number of carbonyl (C=O) groups is 1. The number of carboxylic acid groups (broad SMARTS) is 1. The molecule has 1 N–H and O–H groups in total. The third-order valence-corrected chi connectivity index (χ3v) is 2.23. The molecule has 15 heavy (non-hydrogen) atoms. The molecule has 1 aromatic carbocycles. The van der Waals surface area contributed by atoms with Gasteiger partial charge in [0.15, 0.2) is 0 Å². The van der Waals surface area contributed by atoms with E-state index in [1.54, 1.807) is 0 Å². The topological polar surface area (TPSA) is 70.3 Å². The standard InChI is InChI=1S/C10H8ClNO3/c1-15-8-3-2-6(5-12)9(10(13)14)7(8)4-11/h2-3H,4H2,1H3,(H,13,14). The van der Waals surface area contributed by atoms with Crippen LogP contribution < -0.4 is 4.74 Å². The third-order valence-electron chi connectivity index (χ3n) is 1.96.